The largest absolute Gasteiger partial charge is 0.483 e. The fourth-order valence-corrected chi connectivity index (χ4v) is 4.35. The van der Waals surface area contributed by atoms with Crippen LogP contribution in [0.25, 0.3) is 0 Å². The van der Waals surface area contributed by atoms with Crippen LogP contribution in [0.3, 0.4) is 0 Å². The Labute approximate surface area is 205 Å². The number of nitrogens with zero attached hydrogens (tertiary/aromatic N) is 3. The molecule has 0 radical (unpaired) electrons. The van der Waals surface area contributed by atoms with Gasteiger partial charge in [0.05, 0.1) is 5.75 Å². The molecule has 0 aliphatic carbocycles. The van der Waals surface area contributed by atoms with Crippen LogP contribution in [0.1, 0.15) is 81.4 Å². The Kier molecular flexibility index (Phi) is 8.50. The molecule has 0 saturated heterocycles. The molecule has 34 heavy (non-hydrogen) atoms. The summed E-state index contributed by atoms with van der Waals surface area (Å²) in [6, 6.07) is 15.1. The van der Waals surface area contributed by atoms with Gasteiger partial charge in [0.25, 0.3) is 0 Å². The summed E-state index contributed by atoms with van der Waals surface area (Å²) in [5.41, 5.74) is 2.41. The molecule has 1 atom stereocenters. The fourth-order valence-electron chi connectivity index (χ4n) is 3.48. The van der Waals surface area contributed by atoms with Crippen LogP contribution >= 0.6 is 11.8 Å². The molecule has 8 heteroatoms. The number of rotatable bonds is 10. The minimum absolute atomic E-state index is 0.0461. The summed E-state index contributed by atoms with van der Waals surface area (Å²) in [6.45, 7) is 11.9. The number of carbonyl (C=O) groups is 2. The summed E-state index contributed by atoms with van der Waals surface area (Å²) in [7, 11) is 0. The summed E-state index contributed by atoms with van der Waals surface area (Å²) < 4.78 is 8.14. The van der Waals surface area contributed by atoms with Crippen LogP contribution in [-0.4, -0.2) is 32.2 Å². The molecule has 1 amide bonds. The van der Waals surface area contributed by atoms with Gasteiger partial charge in [-0.05, 0) is 63.4 Å². The Morgan fingerprint density at radius 2 is 1.74 bits per heavy atom. The fraction of sp³-hybridized carbons (Fsp3) is 0.385. The topological polar surface area (TPSA) is 86.1 Å². The number of benzene rings is 2. The number of thioether (sulfide) groups is 1. The van der Waals surface area contributed by atoms with Crippen LogP contribution in [0.5, 0.6) is 5.75 Å². The summed E-state index contributed by atoms with van der Waals surface area (Å²) in [6.07, 6.45) is -0.308. The molecular weight excluding hydrogens is 448 g/mol. The molecule has 0 fully saturated rings. The maximum atomic E-state index is 12.5. The summed E-state index contributed by atoms with van der Waals surface area (Å²) >= 11 is 1.32. The Morgan fingerprint density at radius 1 is 1.03 bits per heavy atom. The number of ether oxygens (including phenoxy) is 1. The molecule has 0 spiro atoms. The normalized spacial score (nSPS) is 12.1. The molecule has 0 saturated carbocycles. The van der Waals surface area contributed by atoms with Crippen molar-refractivity contribution in [3.05, 3.63) is 65.5 Å². The van der Waals surface area contributed by atoms with Crippen molar-refractivity contribution in [3.8, 4) is 5.75 Å². The number of hydrogen-bond donors (Lipinski definition) is 1. The van der Waals surface area contributed by atoms with E-state index >= 15 is 0 Å². The standard InChI is InChI=1S/C26H32N4O3S/c1-16(2)20-10-12-23(13-11-20)33-19(6)25-28-29-26(30(25)17(3)4)34-15-24(32)27-22-9-7-8-21(14-22)18(5)31/h7-14,16-17,19H,15H2,1-6H3,(H,27,32). The minimum Gasteiger partial charge on any atom is -0.483 e. The number of aromatic nitrogens is 3. The van der Waals surface area contributed by atoms with Crippen molar-refractivity contribution in [2.24, 2.45) is 0 Å². The molecule has 1 unspecified atom stereocenters. The highest BCUT2D eigenvalue weighted by Gasteiger charge is 2.22. The third-order valence-corrected chi connectivity index (χ3v) is 6.26. The third kappa shape index (κ3) is 6.47. The first-order chi connectivity index (χ1) is 16.2. The quantitative estimate of drug-likeness (QED) is 0.281. The Morgan fingerprint density at radius 3 is 2.35 bits per heavy atom. The second kappa shape index (κ2) is 11.3. The van der Waals surface area contributed by atoms with Crippen molar-refractivity contribution in [1.82, 2.24) is 14.8 Å². The van der Waals surface area contributed by atoms with E-state index in [1.54, 1.807) is 24.3 Å². The Bertz CT molecular complexity index is 1140. The van der Waals surface area contributed by atoms with Gasteiger partial charge in [0.1, 0.15) is 5.75 Å². The monoisotopic (exact) mass is 480 g/mol. The summed E-state index contributed by atoms with van der Waals surface area (Å²) in [5, 5.41) is 12.2. The van der Waals surface area contributed by atoms with Crippen molar-refractivity contribution >= 4 is 29.1 Å². The lowest BCUT2D eigenvalue weighted by Gasteiger charge is -2.19. The molecule has 0 aliphatic heterocycles. The van der Waals surface area contributed by atoms with Crippen LogP contribution in [0, 0.1) is 0 Å². The van der Waals surface area contributed by atoms with E-state index < -0.39 is 0 Å². The lowest BCUT2D eigenvalue weighted by atomic mass is 10.0. The summed E-state index contributed by atoms with van der Waals surface area (Å²) in [5.74, 6) is 1.89. The highest BCUT2D eigenvalue weighted by atomic mass is 32.2. The molecule has 0 bridgehead atoms. The lowest BCUT2D eigenvalue weighted by molar-refractivity contribution is -0.113. The third-order valence-electron chi connectivity index (χ3n) is 5.32. The lowest BCUT2D eigenvalue weighted by Crippen LogP contribution is -2.16. The van der Waals surface area contributed by atoms with Gasteiger partial charge in [-0.2, -0.15) is 0 Å². The number of amides is 1. The van der Waals surface area contributed by atoms with Crippen molar-refractivity contribution < 1.29 is 14.3 Å². The first-order valence-corrected chi connectivity index (χ1v) is 12.4. The zero-order chi connectivity index (χ0) is 24.8. The van der Waals surface area contributed by atoms with Crippen LogP contribution in [-0.2, 0) is 4.79 Å². The van der Waals surface area contributed by atoms with E-state index in [0.29, 0.717) is 28.1 Å². The second-order valence-electron chi connectivity index (χ2n) is 8.76. The highest BCUT2D eigenvalue weighted by Crippen LogP contribution is 2.28. The SMILES string of the molecule is CC(=O)c1cccc(NC(=O)CSc2nnc(C(C)Oc3ccc(C(C)C)cc3)n2C(C)C)c1. The van der Waals surface area contributed by atoms with Crippen molar-refractivity contribution in [1.29, 1.82) is 0 Å². The molecule has 1 N–H and O–H groups in total. The first-order valence-electron chi connectivity index (χ1n) is 11.4. The van der Waals surface area contributed by atoms with Crippen LogP contribution < -0.4 is 10.1 Å². The molecule has 2 aromatic carbocycles. The predicted octanol–water partition coefficient (Wildman–Crippen LogP) is 6.06. The predicted molar refractivity (Wildman–Crippen MR) is 136 cm³/mol. The van der Waals surface area contributed by atoms with E-state index in [2.05, 4.69) is 41.5 Å². The molecule has 180 valence electrons. The molecule has 3 aromatic rings. The van der Waals surface area contributed by atoms with E-state index in [-0.39, 0.29) is 29.6 Å². The number of nitrogens with one attached hydrogen (secondary N) is 1. The maximum Gasteiger partial charge on any atom is 0.234 e. The van der Waals surface area contributed by atoms with E-state index in [9.17, 15) is 9.59 Å². The van der Waals surface area contributed by atoms with Gasteiger partial charge in [-0.25, -0.2) is 0 Å². The maximum absolute atomic E-state index is 12.5. The van der Waals surface area contributed by atoms with Crippen molar-refractivity contribution in [2.45, 2.75) is 64.8 Å². The number of ketones is 1. The van der Waals surface area contributed by atoms with Gasteiger partial charge in [-0.3, -0.25) is 9.59 Å². The average molecular weight is 481 g/mol. The van der Waals surface area contributed by atoms with Gasteiger partial charge >= 0.3 is 0 Å². The zero-order valence-electron chi connectivity index (χ0n) is 20.5. The highest BCUT2D eigenvalue weighted by molar-refractivity contribution is 7.99. The van der Waals surface area contributed by atoms with Gasteiger partial charge in [0, 0.05) is 17.3 Å². The summed E-state index contributed by atoms with van der Waals surface area (Å²) in [4.78, 5) is 24.1. The van der Waals surface area contributed by atoms with Gasteiger partial charge in [-0.15, -0.1) is 10.2 Å². The molecule has 1 heterocycles. The molecule has 3 rings (SSSR count). The van der Waals surface area contributed by atoms with Crippen molar-refractivity contribution in [2.75, 3.05) is 11.1 Å². The second-order valence-corrected chi connectivity index (χ2v) is 9.70. The zero-order valence-corrected chi connectivity index (χ0v) is 21.3. The van der Waals surface area contributed by atoms with E-state index in [1.165, 1.54) is 24.2 Å². The van der Waals surface area contributed by atoms with Crippen LogP contribution in [0.4, 0.5) is 5.69 Å². The number of hydrogen-bond acceptors (Lipinski definition) is 6. The van der Waals surface area contributed by atoms with E-state index in [0.717, 1.165) is 5.75 Å². The van der Waals surface area contributed by atoms with Gasteiger partial charge in [0.2, 0.25) is 5.91 Å². The molecule has 0 aliphatic rings. The van der Waals surface area contributed by atoms with Crippen molar-refractivity contribution in [3.63, 3.8) is 0 Å². The number of anilines is 1. The minimum atomic E-state index is -0.308. The van der Waals surface area contributed by atoms with Crippen LogP contribution in [0.2, 0.25) is 0 Å². The molecular formula is C26H32N4O3S. The molecule has 7 nitrogen and oxygen atoms in total. The molecule has 1 aromatic heterocycles. The van der Waals surface area contributed by atoms with Crippen LogP contribution in [0.15, 0.2) is 53.7 Å². The van der Waals surface area contributed by atoms with Gasteiger partial charge in [-0.1, -0.05) is 49.9 Å². The smallest absolute Gasteiger partial charge is 0.234 e. The average Bonchev–Trinajstić information content (AvgIpc) is 3.23. The van der Waals surface area contributed by atoms with E-state index in [4.69, 9.17) is 4.74 Å². The van der Waals surface area contributed by atoms with Gasteiger partial charge < -0.3 is 14.6 Å². The van der Waals surface area contributed by atoms with Gasteiger partial charge in [0.15, 0.2) is 22.9 Å². The Hall–Kier alpha value is -3.13. The Balaban J connectivity index is 1.66. The van der Waals surface area contributed by atoms with E-state index in [1.807, 2.05) is 37.5 Å². The number of Topliss-reactive ketones (excluding diaryl/α,β-unsaturated/α-hetero) is 1. The number of carbonyl (C=O) groups excluding carboxylic acids is 2. The first kappa shape index (κ1) is 25.5.